The van der Waals surface area contributed by atoms with Crippen molar-refractivity contribution in [1.82, 2.24) is 0 Å². The summed E-state index contributed by atoms with van der Waals surface area (Å²) in [6.07, 6.45) is 0.976. The molecule has 1 rings (SSSR count). The van der Waals surface area contributed by atoms with E-state index < -0.39 is 0 Å². The fourth-order valence-corrected chi connectivity index (χ4v) is 1.89. The molecular formula is C14H21BrO2. The van der Waals surface area contributed by atoms with Gasteiger partial charge in [-0.1, -0.05) is 42.8 Å². The van der Waals surface area contributed by atoms with Gasteiger partial charge in [0, 0.05) is 4.83 Å². The monoisotopic (exact) mass is 300 g/mol. The van der Waals surface area contributed by atoms with E-state index >= 15 is 0 Å². The van der Waals surface area contributed by atoms with Gasteiger partial charge in [-0.05, 0) is 29.5 Å². The largest absolute Gasteiger partial charge is 0.493 e. The molecule has 17 heavy (non-hydrogen) atoms. The number of halogens is 1. The lowest BCUT2D eigenvalue weighted by Crippen LogP contribution is -2.22. The molecule has 2 nitrogen and oxygen atoms in total. The first-order chi connectivity index (χ1) is 7.88. The minimum Gasteiger partial charge on any atom is -0.493 e. The van der Waals surface area contributed by atoms with Crippen LogP contribution < -0.4 is 9.47 Å². The van der Waals surface area contributed by atoms with Crippen LogP contribution in [0.2, 0.25) is 0 Å². The normalized spacial score (nSPS) is 13.3. The van der Waals surface area contributed by atoms with Crippen molar-refractivity contribution in [1.29, 1.82) is 0 Å². The van der Waals surface area contributed by atoms with Crippen molar-refractivity contribution >= 4 is 15.9 Å². The zero-order valence-electron chi connectivity index (χ0n) is 11.2. The van der Waals surface area contributed by atoms with E-state index in [1.807, 2.05) is 12.1 Å². The maximum Gasteiger partial charge on any atom is 0.160 e. The van der Waals surface area contributed by atoms with Crippen LogP contribution in [0.5, 0.6) is 11.5 Å². The van der Waals surface area contributed by atoms with Gasteiger partial charge in [-0.25, -0.2) is 0 Å². The van der Waals surface area contributed by atoms with Crippen molar-refractivity contribution < 1.29 is 9.47 Å². The fraction of sp³-hybridized carbons (Fsp3) is 0.571. The molecule has 0 aliphatic carbocycles. The van der Waals surface area contributed by atoms with E-state index in [2.05, 4.69) is 42.8 Å². The van der Waals surface area contributed by atoms with Crippen molar-refractivity contribution in [2.45, 2.75) is 32.0 Å². The summed E-state index contributed by atoms with van der Waals surface area (Å²) in [5.74, 6) is 1.57. The number of methoxy groups -OCH3 is 2. The molecule has 0 heterocycles. The Morgan fingerprint density at radius 1 is 1.12 bits per heavy atom. The van der Waals surface area contributed by atoms with Gasteiger partial charge in [0.15, 0.2) is 11.5 Å². The Morgan fingerprint density at radius 2 is 1.71 bits per heavy atom. The zero-order chi connectivity index (χ0) is 13.1. The van der Waals surface area contributed by atoms with E-state index in [4.69, 9.17) is 9.47 Å². The van der Waals surface area contributed by atoms with Crippen LogP contribution in [0.25, 0.3) is 0 Å². The van der Waals surface area contributed by atoms with E-state index in [0.29, 0.717) is 4.83 Å². The van der Waals surface area contributed by atoms with Crippen LogP contribution in [0.1, 0.15) is 26.3 Å². The van der Waals surface area contributed by atoms with Crippen LogP contribution in [0.3, 0.4) is 0 Å². The van der Waals surface area contributed by atoms with Crippen LogP contribution in [0, 0.1) is 5.41 Å². The van der Waals surface area contributed by atoms with Crippen LogP contribution in [0.4, 0.5) is 0 Å². The highest BCUT2D eigenvalue weighted by atomic mass is 79.9. The third-order valence-electron chi connectivity index (χ3n) is 2.80. The van der Waals surface area contributed by atoms with Crippen molar-refractivity contribution in [3.63, 3.8) is 0 Å². The standard InChI is InChI=1S/C14H21BrO2/c1-14(2,3)13(15)9-10-6-7-11(16-4)12(8-10)17-5/h6-8,13H,9H2,1-5H3. The summed E-state index contributed by atoms with van der Waals surface area (Å²) >= 11 is 3.75. The van der Waals surface area contributed by atoms with E-state index in [1.165, 1.54) is 5.56 Å². The third-order valence-corrected chi connectivity index (χ3v) is 4.50. The molecule has 0 aliphatic heterocycles. The lowest BCUT2D eigenvalue weighted by atomic mass is 9.88. The predicted molar refractivity (Wildman–Crippen MR) is 75.4 cm³/mol. The smallest absolute Gasteiger partial charge is 0.160 e. The van der Waals surface area contributed by atoms with Gasteiger partial charge in [-0.3, -0.25) is 0 Å². The summed E-state index contributed by atoms with van der Waals surface area (Å²) in [5, 5.41) is 0. The summed E-state index contributed by atoms with van der Waals surface area (Å²) in [6, 6.07) is 6.08. The summed E-state index contributed by atoms with van der Waals surface area (Å²) in [5.41, 5.74) is 1.49. The first-order valence-corrected chi connectivity index (χ1v) is 6.65. The van der Waals surface area contributed by atoms with E-state index in [1.54, 1.807) is 14.2 Å². The summed E-state index contributed by atoms with van der Waals surface area (Å²) in [4.78, 5) is 0.438. The number of rotatable bonds is 4. The molecule has 0 amide bonds. The zero-order valence-corrected chi connectivity index (χ0v) is 12.8. The van der Waals surface area contributed by atoms with Gasteiger partial charge >= 0.3 is 0 Å². The first kappa shape index (κ1) is 14.4. The van der Waals surface area contributed by atoms with Crippen LogP contribution in [-0.4, -0.2) is 19.0 Å². The van der Waals surface area contributed by atoms with Crippen molar-refractivity contribution in [3.05, 3.63) is 23.8 Å². The van der Waals surface area contributed by atoms with Crippen LogP contribution in [-0.2, 0) is 6.42 Å². The van der Waals surface area contributed by atoms with Gasteiger partial charge in [0.1, 0.15) is 0 Å². The number of ether oxygens (including phenoxy) is 2. The van der Waals surface area contributed by atoms with Crippen LogP contribution in [0.15, 0.2) is 18.2 Å². The minimum atomic E-state index is 0.243. The van der Waals surface area contributed by atoms with Crippen molar-refractivity contribution in [3.8, 4) is 11.5 Å². The molecule has 0 N–H and O–H groups in total. The topological polar surface area (TPSA) is 18.5 Å². The molecule has 1 unspecified atom stereocenters. The van der Waals surface area contributed by atoms with Gasteiger partial charge < -0.3 is 9.47 Å². The fourth-order valence-electron chi connectivity index (χ4n) is 1.52. The molecule has 0 spiro atoms. The number of hydrogen-bond acceptors (Lipinski definition) is 2. The third kappa shape index (κ3) is 3.91. The molecule has 96 valence electrons. The summed E-state index contributed by atoms with van der Waals surface area (Å²) in [7, 11) is 3.32. The molecule has 1 aromatic rings. The highest BCUT2D eigenvalue weighted by Gasteiger charge is 2.22. The Kier molecular flexibility index (Phi) is 4.87. The molecule has 0 radical (unpaired) electrons. The Morgan fingerprint density at radius 3 is 2.18 bits per heavy atom. The highest BCUT2D eigenvalue weighted by molar-refractivity contribution is 9.09. The Hall–Kier alpha value is -0.700. The van der Waals surface area contributed by atoms with Crippen molar-refractivity contribution in [2.75, 3.05) is 14.2 Å². The van der Waals surface area contributed by atoms with E-state index in [-0.39, 0.29) is 5.41 Å². The molecule has 1 atom stereocenters. The second-order valence-electron chi connectivity index (χ2n) is 5.23. The number of alkyl halides is 1. The lowest BCUT2D eigenvalue weighted by Gasteiger charge is -2.25. The average Bonchev–Trinajstić information content (AvgIpc) is 2.27. The molecule has 1 aromatic carbocycles. The molecule has 0 saturated heterocycles. The highest BCUT2D eigenvalue weighted by Crippen LogP contribution is 2.32. The average molecular weight is 301 g/mol. The molecule has 0 fully saturated rings. The molecule has 0 aliphatic rings. The first-order valence-electron chi connectivity index (χ1n) is 5.73. The van der Waals surface area contributed by atoms with Gasteiger partial charge in [-0.15, -0.1) is 0 Å². The molecular weight excluding hydrogens is 280 g/mol. The van der Waals surface area contributed by atoms with Gasteiger partial charge in [0.2, 0.25) is 0 Å². The minimum absolute atomic E-state index is 0.243. The SMILES string of the molecule is COc1ccc(CC(Br)C(C)(C)C)cc1OC. The maximum atomic E-state index is 5.30. The van der Waals surface area contributed by atoms with Gasteiger partial charge in [0.05, 0.1) is 14.2 Å². The van der Waals surface area contributed by atoms with Crippen LogP contribution >= 0.6 is 15.9 Å². The molecule has 0 aromatic heterocycles. The quantitative estimate of drug-likeness (QED) is 0.781. The second kappa shape index (κ2) is 5.76. The molecule has 0 bridgehead atoms. The number of benzene rings is 1. The van der Waals surface area contributed by atoms with Gasteiger partial charge in [0.25, 0.3) is 0 Å². The van der Waals surface area contributed by atoms with Crippen molar-refractivity contribution in [2.24, 2.45) is 5.41 Å². The maximum absolute atomic E-state index is 5.30. The Labute approximate surface area is 112 Å². The Bertz CT molecular complexity index is 369. The lowest BCUT2D eigenvalue weighted by molar-refractivity contribution is 0.354. The van der Waals surface area contributed by atoms with E-state index in [9.17, 15) is 0 Å². The van der Waals surface area contributed by atoms with Gasteiger partial charge in [-0.2, -0.15) is 0 Å². The summed E-state index contributed by atoms with van der Waals surface area (Å²) < 4.78 is 10.5. The second-order valence-corrected chi connectivity index (χ2v) is 6.33. The Balaban J connectivity index is 2.86. The van der Waals surface area contributed by atoms with E-state index in [0.717, 1.165) is 17.9 Å². The number of hydrogen-bond donors (Lipinski definition) is 0. The molecule has 3 heteroatoms. The molecule has 0 saturated carbocycles. The predicted octanol–water partition coefficient (Wildman–Crippen LogP) is 4.06. The summed E-state index contributed by atoms with van der Waals surface area (Å²) in [6.45, 7) is 6.69.